The predicted octanol–water partition coefficient (Wildman–Crippen LogP) is 2.80. The summed E-state index contributed by atoms with van der Waals surface area (Å²) in [7, 11) is 0. The van der Waals surface area contributed by atoms with Crippen LogP contribution in [0, 0.1) is 0 Å². The Morgan fingerprint density at radius 3 is 2.28 bits per heavy atom. The normalized spacial score (nSPS) is 18.3. The number of rotatable bonds is 3. The number of amides is 2. The van der Waals surface area contributed by atoms with E-state index in [-0.39, 0.29) is 24.5 Å². The summed E-state index contributed by atoms with van der Waals surface area (Å²) in [6.45, 7) is 2.51. The third kappa shape index (κ3) is 3.87. The molecule has 5 rings (SSSR count). The summed E-state index contributed by atoms with van der Waals surface area (Å²) >= 11 is 6.16. The van der Waals surface area contributed by atoms with Crippen molar-refractivity contribution in [2.45, 2.75) is 19.3 Å². The van der Waals surface area contributed by atoms with Gasteiger partial charge in [0, 0.05) is 26.2 Å². The lowest BCUT2D eigenvalue weighted by Gasteiger charge is -2.34. The highest BCUT2D eigenvalue weighted by Crippen LogP contribution is 2.27. The molecule has 0 unspecified atom stereocenters. The molecule has 2 aliphatic rings. The average Bonchev–Trinajstić information content (AvgIpc) is 3.27. The van der Waals surface area contributed by atoms with Gasteiger partial charge in [-0.3, -0.25) is 9.59 Å². The molecule has 2 aromatic carbocycles. The number of piperazine rings is 1. The second-order valence-electron chi connectivity index (χ2n) is 7.84. The smallest absolute Gasteiger partial charge is 0.276 e. The van der Waals surface area contributed by atoms with Crippen molar-refractivity contribution in [3.8, 4) is 0 Å². The van der Waals surface area contributed by atoms with Crippen molar-refractivity contribution >= 4 is 23.4 Å². The first-order chi connectivity index (χ1) is 15.6. The molecule has 0 bridgehead atoms. The van der Waals surface area contributed by atoms with Crippen LogP contribution in [0.3, 0.4) is 0 Å². The lowest BCUT2D eigenvalue weighted by atomic mass is 10.1. The summed E-state index contributed by atoms with van der Waals surface area (Å²) in [5.74, 6) is -0.304. The van der Waals surface area contributed by atoms with Crippen molar-refractivity contribution in [3.63, 3.8) is 0 Å². The van der Waals surface area contributed by atoms with E-state index >= 15 is 0 Å². The molecule has 0 spiro atoms. The molecule has 8 nitrogen and oxygen atoms in total. The van der Waals surface area contributed by atoms with Gasteiger partial charge < -0.3 is 14.5 Å². The van der Waals surface area contributed by atoms with E-state index < -0.39 is 0 Å². The van der Waals surface area contributed by atoms with Gasteiger partial charge in [-0.2, -0.15) is 0 Å². The number of hydrogen-bond donors (Lipinski definition) is 0. The molecule has 3 aromatic rings. The van der Waals surface area contributed by atoms with Crippen LogP contribution in [0.4, 0.5) is 0 Å². The highest BCUT2D eigenvalue weighted by molar-refractivity contribution is 6.33. The van der Waals surface area contributed by atoms with Crippen LogP contribution in [0.15, 0.2) is 54.6 Å². The molecule has 32 heavy (non-hydrogen) atoms. The van der Waals surface area contributed by atoms with Gasteiger partial charge in [0.05, 0.1) is 29.4 Å². The molecular formula is C23H22ClN5O3. The highest BCUT2D eigenvalue weighted by atomic mass is 35.5. The van der Waals surface area contributed by atoms with Gasteiger partial charge >= 0.3 is 0 Å². The van der Waals surface area contributed by atoms with Gasteiger partial charge in [0.25, 0.3) is 11.8 Å². The minimum atomic E-state index is -0.183. The summed E-state index contributed by atoms with van der Waals surface area (Å²) in [6.07, 6.45) is -0.118. The Hall–Kier alpha value is -3.23. The zero-order valence-corrected chi connectivity index (χ0v) is 18.1. The van der Waals surface area contributed by atoms with Gasteiger partial charge in [0.15, 0.2) is 5.69 Å². The Balaban J connectivity index is 1.24. The van der Waals surface area contributed by atoms with E-state index in [4.69, 9.17) is 16.3 Å². The molecule has 164 valence electrons. The molecule has 1 fully saturated rings. The number of nitrogens with zero attached hydrogens (tertiary/aromatic N) is 5. The third-order valence-electron chi connectivity index (χ3n) is 5.93. The molecule has 1 saturated heterocycles. The quantitative estimate of drug-likeness (QED) is 0.611. The molecular weight excluding hydrogens is 430 g/mol. The number of carbonyl (C=O) groups excluding carboxylic acids is 2. The minimum absolute atomic E-state index is 0.118. The summed E-state index contributed by atoms with van der Waals surface area (Å²) in [4.78, 5) is 29.3. The van der Waals surface area contributed by atoms with Gasteiger partial charge in [0.2, 0.25) is 0 Å². The van der Waals surface area contributed by atoms with Crippen LogP contribution in [0.5, 0.6) is 0 Å². The molecule has 1 atom stereocenters. The van der Waals surface area contributed by atoms with Gasteiger partial charge in [-0.25, -0.2) is 4.68 Å². The number of hydrogen-bond acceptors (Lipinski definition) is 5. The zero-order chi connectivity index (χ0) is 22.1. The largest absolute Gasteiger partial charge is 0.365 e. The molecule has 2 amide bonds. The number of fused-ring (bicyclic) bond motifs is 1. The second kappa shape index (κ2) is 8.72. The highest BCUT2D eigenvalue weighted by Gasteiger charge is 2.32. The Kier molecular flexibility index (Phi) is 5.63. The second-order valence-corrected chi connectivity index (χ2v) is 8.25. The first-order valence-corrected chi connectivity index (χ1v) is 10.9. The van der Waals surface area contributed by atoms with Crippen molar-refractivity contribution in [2.75, 3.05) is 26.2 Å². The van der Waals surface area contributed by atoms with Gasteiger partial charge in [-0.05, 0) is 17.7 Å². The fraction of sp³-hybridized carbons (Fsp3) is 0.304. The van der Waals surface area contributed by atoms with Crippen LogP contribution in [0.2, 0.25) is 5.02 Å². The van der Waals surface area contributed by atoms with Crippen LogP contribution >= 0.6 is 11.6 Å². The van der Waals surface area contributed by atoms with E-state index in [0.29, 0.717) is 54.7 Å². The molecule has 0 radical (unpaired) electrons. The van der Waals surface area contributed by atoms with Crippen molar-refractivity contribution in [3.05, 3.63) is 82.1 Å². The topological polar surface area (TPSA) is 80.6 Å². The van der Waals surface area contributed by atoms with Crippen molar-refractivity contribution in [1.29, 1.82) is 0 Å². The Morgan fingerprint density at radius 1 is 0.906 bits per heavy atom. The number of halogens is 1. The lowest BCUT2D eigenvalue weighted by molar-refractivity contribution is -0.00202. The third-order valence-corrected chi connectivity index (χ3v) is 6.26. The Bertz CT molecular complexity index is 1140. The Morgan fingerprint density at radius 2 is 1.56 bits per heavy atom. The van der Waals surface area contributed by atoms with E-state index in [1.54, 1.807) is 38.7 Å². The number of benzene rings is 2. The zero-order valence-electron chi connectivity index (χ0n) is 17.4. The molecule has 2 aliphatic heterocycles. The summed E-state index contributed by atoms with van der Waals surface area (Å²) in [5.41, 5.74) is 2.56. The molecule has 9 heteroatoms. The van der Waals surface area contributed by atoms with Crippen molar-refractivity contribution < 1.29 is 14.3 Å². The van der Waals surface area contributed by atoms with Crippen molar-refractivity contribution in [1.82, 2.24) is 24.8 Å². The van der Waals surface area contributed by atoms with Gasteiger partial charge in [-0.1, -0.05) is 59.3 Å². The summed E-state index contributed by atoms with van der Waals surface area (Å²) in [5, 5.41) is 8.79. The maximum atomic E-state index is 13.1. The van der Waals surface area contributed by atoms with Crippen LogP contribution < -0.4 is 0 Å². The monoisotopic (exact) mass is 451 g/mol. The van der Waals surface area contributed by atoms with Crippen LogP contribution in [0.25, 0.3) is 0 Å². The molecule has 1 aromatic heterocycles. The average molecular weight is 452 g/mol. The SMILES string of the molecule is O=C(c1ccccc1Cl)N1CCN(C(=O)c2nnn3c2CO[C@@H](c2ccccc2)C3)CC1. The lowest BCUT2D eigenvalue weighted by Crippen LogP contribution is -2.50. The molecule has 0 aliphatic carbocycles. The van der Waals surface area contributed by atoms with E-state index in [1.165, 1.54) is 0 Å². The molecule has 0 saturated carbocycles. The molecule has 3 heterocycles. The van der Waals surface area contributed by atoms with Crippen LogP contribution in [-0.4, -0.2) is 62.8 Å². The number of aromatic nitrogens is 3. The fourth-order valence-corrected chi connectivity index (χ4v) is 4.33. The van der Waals surface area contributed by atoms with E-state index in [9.17, 15) is 9.59 Å². The summed E-state index contributed by atoms with van der Waals surface area (Å²) in [6, 6.07) is 16.9. The number of carbonyl (C=O) groups is 2. The van der Waals surface area contributed by atoms with E-state index in [0.717, 1.165) is 5.56 Å². The van der Waals surface area contributed by atoms with Gasteiger partial charge in [-0.15, -0.1) is 5.10 Å². The van der Waals surface area contributed by atoms with Crippen molar-refractivity contribution in [2.24, 2.45) is 0 Å². The fourth-order valence-electron chi connectivity index (χ4n) is 4.11. The van der Waals surface area contributed by atoms with Crippen LogP contribution in [0.1, 0.15) is 38.2 Å². The van der Waals surface area contributed by atoms with E-state index in [2.05, 4.69) is 10.3 Å². The molecule has 0 N–H and O–H groups in total. The summed E-state index contributed by atoms with van der Waals surface area (Å²) < 4.78 is 7.75. The first-order valence-electron chi connectivity index (χ1n) is 10.5. The minimum Gasteiger partial charge on any atom is -0.365 e. The number of ether oxygens (including phenoxy) is 1. The predicted molar refractivity (Wildman–Crippen MR) is 117 cm³/mol. The van der Waals surface area contributed by atoms with Gasteiger partial charge in [0.1, 0.15) is 6.10 Å². The van der Waals surface area contributed by atoms with E-state index in [1.807, 2.05) is 30.3 Å². The van der Waals surface area contributed by atoms with Crippen LogP contribution in [-0.2, 0) is 17.9 Å². The standard InChI is InChI=1S/C23H22ClN5O3/c24-18-9-5-4-8-17(18)22(30)27-10-12-28(13-11-27)23(31)21-19-15-32-20(14-29(19)26-25-21)16-6-2-1-3-7-16/h1-9,20H,10-15H2/t20-/m1/s1. The first kappa shape index (κ1) is 20.7. The maximum absolute atomic E-state index is 13.1. The maximum Gasteiger partial charge on any atom is 0.276 e. The Labute approximate surface area is 190 Å².